The number of nitrogens with zero attached hydrogens (tertiary/aromatic N) is 3. The van der Waals surface area contributed by atoms with Gasteiger partial charge in [0.2, 0.25) is 0 Å². The molecule has 0 aromatic carbocycles. The number of esters is 2. The van der Waals surface area contributed by atoms with Crippen molar-refractivity contribution in [2.45, 2.75) is 264 Å². The zero-order chi connectivity index (χ0) is 45.7. The molecule has 0 spiro atoms. The van der Waals surface area contributed by atoms with Crippen molar-refractivity contribution < 1.29 is 29.0 Å². The third-order valence-electron chi connectivity index (χ3n) is 12.3. The van der Waals surface area contributed by atoms with E-state index < -0.39 is 6.10 Å². The minimum atomic E-state index is -0.435. The zero-order valence-corrected chi connectivity index (χ0v) is 41.2. The van der Waals surface area contributed by atoms with Crippen LogP contribution in [-0.4, -0.2) is 82.8 Å². The number of carbonyl (C=O) groups excluding carboxylic acids is 3. The monoisotopic (exact) mass is 887 g/mol. The molecule has 0 saturated carbocycles. The summed E-state index contributed by atoms with van der Waals surface area (Å²) in [7, 11) is 0. The topological polar surface area (TPSA) is 131 Å². The molecule has 1 heterocycles. The molecule has 0 aliphatic rings. The van der Waals surface area contributed by atoms with E-state index in [0.717, 1.165) is 116 Å². The second-order valence-electron chi connectivity index (χ2n) is 18.4. The molecule has 0 bridgehead atoms. The van der Waals surface area contributed by atoms with Crippen LogP contribution in [0.2, 0.25) is 0 Å². The van der Waals surface area contributed by atoms with Crippen molar-refractivity contribution in [2.75, 3.05) is 32.8 Å². The number of amides is 1. The maximum absolute atomic E-state index is 12.9. The van der Waals surface area contributed by atoms with Gasteiger partial charge in [-0.3, -0.25) is 14.4 Å². The highest BCUT2D eigenvalue weighted by molar-refractivity contribution is 5.91. The van der Waals surface area contributed by atoms with Crippen LogP contribution in [0.25, 0.3) is 0 Å². The molecule has 0 saturated heterocycles. The van der Waals surface area contributed by atoms with Crippen molar-refractivity contribution >= 4 is 17.8 Å². The van der Waals surface area contributed by atoms with Gasteiger partial charge in [-0.25, -0.2) is 9.97 Å². The number of aliphatic hydroxyl groups excluding tert-OH is 1. The Morgan fingerprint density at radius 2 is 1.06 bits per heavy atom. The fourth-order valence-electron chi connectivity index (χ4n) is 8.31. The molecular formula is C53H98N4O6. The maximum Gasteiger partial charge on any atom is 0.306 e. The van der Waals surface area contributed by atoms with Crippen LogP contribution in [0, 0.1) is 0 Å². The minimum Gasteiger partial charge on any atom is -0.466 e. The first-order valence-electron chi connectivity index (χ1n) is 26.7. The Morgan fingerprint density at radius 1 is 0.587 bits per heavy atom. The van der Waals surface area contributed by atoms with Crippen LogP contribution < -0.4 is 5.32 Å². The Labute approximate surface area is 387 Å². The van der Waals surface area contributed by atoms with E-state index >= 15 is 0 Å². The summed E-state index contributed by atoms with van der Waals surface area (Å²) >= 11 is 0. The van der Waals surface area contributed by atoms with E-state index in [0.29, 0.717) is 44.7 Å². The van der Waals surface area contributed by atoms with Crippen LogP contribution in [0.15, 0.2) is 18.6 Å². The average molecular weight is 887 g/mol. The Bertz CT molecular complexity index is 1160. The smallest absolute Gasteiger partial charge is 0.306 e. The third-order valence-corrected chi connectivity index (χ3v) is 12.3. The van der Waals surface area contributed by atoms with Crippen LogP contribution in [0.3, 0.4) is 0 Å². The summed E-state index contributed by atoms with van der Waals surface area (Å²) in [5, 5.41) is 13.9. The minimum absolute atomic E-state index is 0.0164. The van der Waals surface area contributed by atoms with Gasteiger partial charge < -0.3 is 24.8 Å². The number of aliphatic hydroxyl groups is 1. The summed E-state index contributed by atoms with van der Waals surface area (Å²) in [4.78, 5) is 47.7. The van der Waals surface area contributed by atoms with Gasteiger partial charge in [0.05, 0.1) is 12.7 Å². The molecule has 1 aromatic rings. The molecule has 1 unspecified atom stereocenters. The fraction of sp³-hybridized carbons (Fsp3) is 0.868. The molecular weight excluding hydrogens is 789 g/mol. The van der Waals surface area contributed by atoms with Crippen LogP contribution in [0.4, 0.5) is 0 Å². The second-order valence-corrected chi connectivity index (χ2v) is 18.4. The van der Waals surface area contributed by atoms with E-state index in [-0.39, 0.29) is 23.9 Å². The summed E-state index contributed by atoms with van der Waals surface area (Å²) in [6, 6.07) is 1.60. The van der Waals surface area contributed by atoms with Gasteiger partial charge in [-0.2, -0.15) is 0 Å². The molecule has 0 radical (unpaired) electrons. The van der Waals surface area contributed by atoms with Crippen molar-refractivity contribution in [3.63, 3.8) is 0 Å². The quantitative estimate of drug-likeness (QED) is 0.0485. The first-order valence-corrected chi connectivity index (χ1v) is 26.7. The van der Waals surface area contributed by atoms with Gasteiger partial charge in [0.1, 0.15) is 18.1 Å². The number of rotatable bonds is 47. The molecule has 0 aliphatic carbocycles. The lowest BCUT2D eigenvalue weighted by Crippen LogP contribution is -2.34. The largest absolute Gasteiger partial charge is 0.466 e. The molecule has 2 N–H and O–H groups in total. The van der Waals surface area contributed by atoms with Crippen molar-refractivity contribution in [3.8, 4) is 0 Å². The van der Waals surface area contributed by atoms with E-state index in [1.54, 1.807) is 12.3 Å². The predicted molar refractivity (Wildman–Crippen MR) is 261 cm³/mol. The zero-order valence-electron chi connectivity index (χ0n) is 41.2. The first-order chi connectivity index (χ1) is 30.9. The summed E-state index contributed by atoms with van der Waals surface area (Å²) in [6.45, 7) is 10.3. The van der Waals surface area contributed by atoms with E-state index in [4.69, 9.17) is 9.47 Å². The molecule has 63 heavy (non-hydrogen) atoms. The number of aromatic nitrogens is 2. The normalized spacial score (nSPS) is 12.0. The fourth-order valence-corrected chi connectivity index (χ4v) is 8.31. The molecule has 0 fully saturated rings. The number of ether oxygens (including phenoxy) is 2. The van der Waals surface area contributed by atoms with Gasteiger partial charge >= 0.3 is 11.9 Å². The molecule has 10 heteroatoms. The highest BCUT2D eigenvalue weighted by Crippen LogP contribution is 2.19. The number of unbranched alkanes of at least 4 members (excludes halogenated alkanes) is 25. The van der Waals surface area contributed by atoms with Gasteiger partial charge in [0, 0.05) is 32.1 Å². The highest BCUT2D eigenvalue weighted by Gasteiger charge is 2.16. The summed E-state index contributed by atoms with van der Waals surface area (Å²) in [6.07, 6.45) is 42.2. The van der Waals surface area contributed by atoms with Crippen molar-refractivity contribution in [3.05, 3.63) is 24.3 Å². The van der Waals surface area contributed by atoms with E-state index in [9.17, 15) is 19.5 Å². The molecule has 10 nitrogen and oxygen atoms in total. The van der Waals surface area contributed by atoms with E-state index in [1.807, 2.05) is 0 Å². The van der Waals surface area contributed by atoms with Crippen LogP contribution in [-0.2, 0) is 19.1 Å². The Morgan fingerprint density at radius 3 is 1.62 bits per heavy atom. The average Bonchev–Trinajstić information content (AvgIpc) is 3.28. The lowest BCUT2D eigenvalue weighted by Gasteiger charge is -2.25. The van der Waals surface area contributed by atoms with Gasteiger partial charge in [0.15, 0.2) is 0 Å². The number of carbonyl (C=O) groups is 3. The lowest BCUT2D eigenvalue weighted by atomic mass is 10.0. The third kappa shape index (κ3) is 38.4. The molecule has 1 atom stereocenters. The molecule has 0 aliphatic heterocycles. The van der Waals surface area contributed by atoms with Gasteiger partial charge in [-0.1, -0.05) is 162 Å². The predicted octanol–water partition coefficient (Wildman–Crippen LogP) is 13.4. The SMILES string of the molecule is CCCCCCCCCCCOC(=O)CCCCCN(CCCCCCCC(=O)OC(CCCCCCCC)CCCCCCCC)CC(O)CCCCNC(=O)c1ccncn1. The van der Waals surface area contributed by atoms with Crippen molar-refractivity contribution in [2.24, 2.45) is 0 Å². The molecule has 1 amide bonds. The van der Waals surface area contributed by atoms with Gasteiger partial charge in [-0.15, -0.1) is 0 Å². The first kappa shape index (κ1) is 58.4. The van der Waals surface area contributed by atoms with E-state index in [2.05, 4.69) is 41.0 Å². The van der Waals surface area contributed by atoms with Crippen molar-refractivity contribution in [1.82, 2.24) is 20.2 Å². The number of hydrogen-bond donors (Lipinski definition) is 2. The summed E-state index contributed by atoms with van der Waals surface area (Å²) in [5.74, 6) is -0.302. The molecule has 1 aromatic heterocycles. The summed E-state index contributed by atoms with van der Waals surface area (Å²) < 4.78 is 11.6. The van der Waals surface area contributed by atoms with Crippen LogP contribution >= 0.6 is 0 Å². The lowest BCUT2D eigenvalue weighted by molar-refractivity contribution is -0.150. The molecule has 1 rings (SSSR count). The Balaban J connectivity index is 2.41. The Kier molecular flexibility index (Phi) is 41.4. The van der Waals surface area contributed by atoms with Gasteiger partial charge in [0.25, 0.3) is 5.91 Å². The second kappa shape index (κ2) is 44.6. The highest BCUT2D eigenvalue weighted by atomic mass is 16.5. The van der Waals surface area contributed by atoms with Crippen LogP contribution in [0.5, 0.6) is 0 Å². The Hall–Kier alpha value is -2.59. The summed E-state index contributed by atoms with van der Waals surface area (Å²) in [5.41, 5.74) is 0.357. The molecule has 366 valence electrons. The standard InChI is InChI=1S/C53H98N4O6/c1-4-7-10-13-16-17-18-24-34-45-62-51(59)38-29-25-33-44-57(46-48(58)35-30-31-41-55-53(61)50-40-42-54-47-56-50)43-32-23-19-22-28-39-52(60)63-49(36-26-20-14-11-8-5-2)37-27-21-15-12-9-6-3/h40,42,47-49,58H,4-39,41,43-46H2,1-3H3,(H,55,61). The maximum atomic E-state index is 12.9. The number of hydrogen-bond acceptors (Lipinski definition) is 9. The van der Waals surface area contributed by atoms with Crippen LogP contribution in [0.1, 0.15) is 262 Å². The van der Waals surface area contributed by atoms with Gasteiger partial charge in [-0.05, 0) is 96.2 Å². The van der Waals surface area contributed by atoms with E-state index in [1.165, 1.54) is 115 Å². The number of nitrogens with one attached hydrogen (secondary N) is 1. The van der Waals surface area contributed by atoms with Crippen molar-refractivity contribution in [1.29, 1.82) is 0 Å².